The monoisotopic (exact) mass is 389 g/mol. The third-order valence-electron chi connectivity index (χ3n) is 5.26. The van der Waals surface area contributed by atoms with E-state index in [9.17, 15) is 4.79 Å². The molecule has 1 atom stereocenters. The molecule has 7 heteroatoms. The number of allylic oxidation sites excluding steroid dienone is 1. The van der Waals surface area contributed by atoms with Crippen LogP contribution in [0.4, 0.5) is 11.4 Å². The van der Waals surface area contributed by atoms with Crippen LogP contribution in [0.2, 0.25) is 0 Å². The van der Waals surface area contributed by atoms with Gasteiger partial charge >= 0.3 is 0 Å². The molecule has 1 amide bonds. The predicted octanol–water partition coefficient (Wildman–Crippen LogP) is 2.33. The van der Waals surface area contributed by atoms with Gasteiger partial charge in [0.25, 0.3) is 5.91 Å². The number of amides is 1. The van der Waals surface area contributed by atoms with E-state index in [0.29, 0.717) is 18.8 Å². The second kappa shape index (κ2) is 6.77. The molecule has 3 aliphatic heterocycles. The number of dihydropyridines is 1. The van der Waals surface area contributed by atoms with Crippen LogP contribution in [-0.4, -0.2) is 31.4 Å². The molecule has 2 aromatic carbocycles. The fourth-order valence-electron chi connectivity index (χ4n) is 3.82. The lowest BCUT2D eigenvalue weighted by Crippen LogP contribution is -2.59. The van der Waals surface area contributed by atoms with Gasteiger partial charge in [-0.05, 0) is 43.3 Å². The maximum absolute atomic E-state index is 12.7. The summed E-state index contributed by atoms with van der Waals surface area (Å²) in [6.45, 7) is 3.74. The van der Waals surface area contributed by atoms with Crippen molar-refractivity contribution in [2.75, 3.05) is 30.0 Å². The summed E-state index contributed by atoms with van der Waals surface area (Å²) in [4.78, 5) is 14.9. The first kappa shape index (κ1) is 17.5. The highest BCUT2D eigenvalue weighted by Crippen LogP contribution is 2.33. The molecule has 0 saturated heterocycles. The SMILES string of the molecule is CC1(COc2ccccc2)NC(=O)c2ccc(N3CNC4=C3C=CCN4)cc2N1. The number of nitrogens with zero attached hydrogens (tertiary/aromatic N) is 1. The van der Waals surface area contributed by atoms with E-state index in [0.717, 1.165) is 35.2 Å². The van der Waals surface area contributed by atoms with Crippen molar-refractivity contribution in [2.24, 2.45) is 0 Å². The van der Waals surface area contributed by atoms with Crippen molar-refractivity contribution in [1.29, 1.82) is 0 Å². The quantitative estimate of drug-likeness (QED) is 0.643. The lowest BCUT2D eigenvalue weighted by atomic mass is 10.0. The van der Waals surface area contributed by atoms with Crippen molar-refractivity contribution in [3.8, 4) is 5.75 Å². The van der Waals surface area contributed by atoms with Gasteiger partial charge in [0.15, 0.2) is 0 Å². The second-order valence-corrected chi connectivity index (χ2v) is 7.55. The lowest BCUT2D eigenvalue weighted by Gasteiger charge is -2.37. The zero-order valence-corrected chi connectivity index (χ0v) is 16.2. The summed E-state index contributed by atoms with van der Waals surface area (Å²) in [6.07, 6.45) is 4.21. The first-order valence-corrected chi connectivity index (χ1v) is 9.70. The molecule has 4 N–H and O–H groups in total. The molecule has 0 radical (unpaired) electrons. The summed E-state index contributed by atoms with van der Waals surface area (Å²) in [5.74, 6) is 1.70. The van der Waals surface area contributed by atoms with Gasteiger partial charge in [0.1, 0.15) is 23.8 Å². The molecule has 5 rings (SSSR count). The zero-order valence-electron chi connectivity index (χ0n) is 16.2. The number of rotatable bonds is 4. The Kier molecular flexibility index (Phi) is 4.08. The summed E-state index contributed by atoms with van der Waals surface area (Å²) < 4.78 is 5.89. The highest BCUT2D eigenvalue weighted by atomic mass is 16.5. The molecule has 0 aliphatic carbocycles. The maximum Gasteiger partial charge on any atom is 0.255 e. The van der Waals surface area contributed by atoms with E-state index in [2.05, 4.69) is 38.3 Å². The van der Waals surface area contributed by atoms with Crippen LogP contribution in [-0.2, 0) is 0 Å². The van der Waals surface area contributed by atoms with Crippen LogP contribution in [0.3, 0.4) is 0 Å². The summed E-state index contributed by atoms with van der Waals surface area (Å²) >= 11 is 0. The number of carbonyl (C=O) groups is 1. The van der Waals surface area contributed by atoms with Crippen LogP contribution in [0, 0.1) is 0 Å². The molecular weight excluding hydrogens is 366 g/mol. The molecular formula is C22H23N5O2. The van der Waals surface area contributed by atoms with Gasteiger partial charge in [0.05, 0.1) is 23.6 Å². The van der Waals surface area contributed by atoms with Crippen LogP contribution >= 0.6 is 0 Å². The maximum atomic E-state index is 12.7. The molecule has 0 spiro atoms. The Morgan fingerprint density at radius 2 is 1.97 bits per heavy atom. The van der Waals surface area contributed by atoms with Crippen LogP contribution in [0.15, 0.2) is 72.2 Å². The number of hydrogen-bond acceptors (Lipinski definition) is 6. The first-order valence-electron chi connectivity index (χ1n) is 9.70. The highest BCUT2D eigenvalue weighted by molar-refractivity contribution is 6.03. The Balaban J connectivity index is 1.39. The van der Waals surface area contributed by atoms with E-state index in [1.807, 2.05) is 55.5 Å². The number of benzene rings is 2. The second-order valence-electron chi connectivity index (χ2n) is 7.55. The predicted molar refractivity (Wildman–Crippen MR) is 113 cm³/mol. The lowest BCUT2D eigenvalue weighted by molar-refractivity contribution is 0.0874. The normalized spacial score (nSPS) is 22.1. The molecule has 2 aromatic rings. The Labute approximate surface area is 169 Å². The fourth-order valence-corrected chi connectivity index (χ4v) is 3.82. The van der Waals surface area contributed by atoms with Crippen LogP contribution < -0.4 is 30.9 Å². The molecule has 0 saturated carbocycles. The van der Waals surface area contributed by atoms with Gasteiger partial charge in [-0.2, -0.15) is 0 Å². The number of para-hydroxylation sites is 1. The summed E-state index contributed by atoms with van der Waals surface area (Å²) in [5, 5.41) is 13.2. The molecule has 29 heavy (non-hydrogen) atoms. The molecule has 7 nitrogen and oxygen atoms in total. The Hall–Kier alpha value is -3.61. The van der Waals surface area contributed by atoms with Gasteiger partial charge in [-0.25, -0.2) is 0 Å². The first-order chi connectivity index (χ1) is 14.1. The van der Waals surface area contributed by atoms with E-state index in [1.165, 1.54) is 0 Å². The minimum Gasteiger partial charge on any atom is -0.489 e. The molecule has 1 unspecified atom stereocenters. The molecule has 0 bridgehead atoms. The summed E-state index contributed by atoms with van der Waals surface area (Å²) in [5.41, 5.74) is 2.84. The highest BCUT2D eigenvalue weighted by Gasteiger charge is 2.35. The number of carbonyl (C=O) groups excluding carboxylic acids is 1. The van der Waals surface area contributed by atoms with E-state index < -0.39 is 5.66 Å². The van der Waals surface area contributed by atoms with Crippen molar-refractivity contribution in [1.82, 2.24) is 16.0 Å². The van der Waals surface area contributed by atoms with Gasteiger partial charge in [-0.15, -0.1) is 0 Å². The molecule has 0 aromatic heterocycles. The number of nitrogens with one attached hydrogen (secondary N) is 4. The summed E-state index contributed by atoms with van der Waals surface area (Å²) in [6, 6.07) is 15.5. The number of fused-ring (bicyclic) bond motifs is 1. The van der Waals surface area contributed by atoms with E-state index in [-0.39, 0.29) is 5.91 Å². The van der Waals surface area contributed by atoms with Gasteiger partial charge in [0, 0.05) is 12.2 Å². The largest absolute Gasteiger partial charge is 0.489 e. The zero-order chi connectivity index (χ0) is 19.8. The van der Waals surface area contributed by atoms with Crippen LogP contribution in [0.5, 0.6) is 5.75 Å². The van der Waals surface area contributed by atoms with Crippen molar-refractivity contribution in [2.45, 2.75) is 12.6 Å². The topological polar surface area (TPSA) is 77.7 Å². The number of ether oxygens (including phenoxy) is 1. The van der Waals surface area contributed by atoms with Gasteiger partial charge in [-0.3, -0.25) is 4.79 Å². The van der Waals surface area contributed by atoms with Crippen molar-refractivity contribution >= 4 is 17.3 Å². The van der Waals surface area contributed by atoms with Crippen molar-refractivity contribution in [3.05, 3.63) is 77.8 Å². The molecule has 0 fully saturated rings. The van der Waals surface area contributed by atoms with Gasteiger partial charge in [-0.1, -0.05) is 24.3 Å². The third-order valence-corrected chi connectivity index (χ3v) is 5.26. The van der Waals surface area contributed by atoms with E-state index in [1.54, 1.807) is 0 Å². The minimum atomic E-state index is -0.710. The Morgan fingerprint density at radius 3 is 2.83 bits per heavy atom. The van der Waals surface area contributed by atoms with Gasteiger partial charge < -0.3 is 30.9 Å². The Bertz CT molecular complexity index is 1020. The van der Waals surface area contributed by atoms with Crippen molar-refractivity contribution in [3.63, 3.8) is 0 Å². The smallest absolute Gasteiger partial charge is 0.255 e. The van der Waals surface area contributed by atoms with E-state index >= 15 is 0 Å². The minimum absolute atomic E-state index is 0.108. The van der Waals surface area contributed by atoms with Gasteiger partial charge in [0.2, 0.25) is 0 Å². The number of hydrogen-bond donors (Lipinski definition) is 4. The molecule has 3 heterocycles. The number of anilines is 2. The van der Waals surface area contributed by atoms with E-state index in [4.69, 9.17) is 4.74 Å². The van der Waals surface area contributed by atoms with Crippen molar-refractivity contribution < 1.29 is 9.53 Å². The third kappa shape index (κ3) is 3.24. The molecule has 3 aliphatic rings. The fraction of sp³-hybridized carbons (Fsp3) is 0.227. The average molecular weight is 389 g/mol. The average Bonchev–Trinajstić information content (AvgIpc) is 3.17. The standard InChI is InChI=1S/C22H23N5O2/c1-22(13-29-16-6-3-2-4-7-16)25-18-12-15(9-10-17(18)21(28)26-22)27-14-24-20-19(27)8-5-11-23-20/h2-10,12,23-25H,11,13-14H2,1H3,(H,26,28). The summed E-state index contributed by atoms with van der Waals surface area (Å²) in [7, 11) is 0. The van der Waals surface area contributed by atoms with Crippen LogP contribution in [0.1, 0.15) is 17.3 Å². The molecule has 148 valence electrons. The Morgan fingerprint density at radius 1 is 1.10 bits per heavy atom. The van der Waals surface area contributed by atoms with Crippen LogP contribution in [0.25, 0.3) is 0 Å².